The van der Waals surface area contributed by atoms with Crippen molar-refractivity contribution < 1.29 is 0 Å². The highest BCUT2D eigenvalue weighted by atomic mass is 35.5. The first-order valence-electron chi connectivity index (χ1n) is 4.93. The summed E-state index contributed by atoms with van der Waals surface area (Å²) >= 11 is 6.08. The van der Waals surface area contributed by atoms with E-state index in [-0.39, 0.29) is 0 Å². The Morgan fingerprint density at radius 2 is 1.88 bits per heavy atom. The number of aromatic nitrogens is 2. The van der Waals surface area contributed by atoms with Gasteiger partial charge in [0.25, 0.3) is 0 Å². The number of nitrogens with zero attached hydrogens (tertiary/aromatic N) is 4. The zero-order valence-corrected chi connectivity index (χ0v) is 10.2. The SMILES string of the molecule is CN(C)/N=c1/c2ccccc2c(Cl)nn1C. The van der Waals surface area contributed by atoms with Crippen LogP contribution in [0.25, 0.3) is 10.8 Å². The monoisotopic (exact) mass is 236 g/mol. The van der Waals surface area contributed by atoms with Crippen molar-refractivity contribution in [3.05, 3.63) is 34.9 Å². The fourth-order valence-electron chi connectivity index (χ4n) is 1.57. The maximum absolute atomic E-state index is 6.08. The van der Waals surface area contributed by atoms with Gasteiger partial charge in [-0.15, -0.1) is 0 Å². The molecule has 0 atom stereocenters. The fourth-order valence-corrected chi connectivity index (χ4v) is 1.85. The zero-order chi connectivity index (χ0) is 11.7. The van der Waals surface area contributed by atoms with Crippen molar-refractivity contribution in [2.75, 3.05) is 14.1 Å². The molecule has 0 spiro atoms. The van der Waals surface area contributed by atoms with Crippen LogP contribution >= 0.6 is 11.6 Å². The van der Waals surface area contributed by atoms with Gasteiger partial charge < -0.3 is 5.01 Å². The summed E-state index contributed by atoms with van der Waals surface area (Å²) in [5.74, 6) is 0. The number of benzene rings is 1. The highest BCUT2D eigenvalue weighted by Gasteiger charge is 2.04. The maximum Gasteiger partial charge on any atom is 0.176 e. The number of fused-ring (bicyclic) bond motifs is 1. The van der Waals surface area contributed by atoms with Crippen molar-refractivity contribution in [2.24, 2.45) is 12.1 Å². The normalized spacial score (nSPS) is 12.1. The summed E-state index contributed by atoms with van der Waals surface area (Å²) in [4.78, 5) is 0. The van der Waals surface area contributed by atoms with Gasteiger partial charge in [0.2, 0.25) is 0 Å². The molecular weight excluding hydrogens is 224 g/mol. The summed E-state index contributed by atoms with van der Waals surface area (Å²) in [6.07, 6.45) is 0. The Morgan fingerprint density at radius 1 is 1.25 bits per heavy atom. The second-order valence-electron chi connectivity index (χ2n) is 3.73. The van der Waals surface area contributed by atoms with Crippen molar-refractivity contribution in [1.29, 1.82) is 0 Å². The molecule has 0 amide bonds. The Balaban J connectivity index is 2.93. The van der Waals surface area contributed by atoms with E-state index < -0.39 is 0 Å². The molecule has 84 valence electrons. The van der Waals surface area contributed by atoms with Crippen LogP contribution < -0.4 is 5.49 Å². The van der Waals surface area contributed by atoms with Gasteiger partial charge in [0.1, 0.15) is 0 Å². The van der Waals surface area contributed by atoms with E-state index in [0.717, 1.165) is 16.3 Å². The predicted molar refractivity (Wildman–Crippen MR) is 65.0 cm³/mol. The first-order chi connectivity index (χ1) is 7.59. The van der Waals surface area contributed by atoms with Crippen molar-refractivity contribution >= 4 is 22.4 Å². The second kappa shape index (κ2) is 4.14. The van der Waals surface area contributed by atoms with Crippen LogP contribution in [0.4, 0.5) is 0 Å². The van der Waals surface area contributed by atoms with Crippen molar-refractivity contribution in [3.63, 3.8) is 0 Å². The lowest BCUT2D eigenvalue weighted by Crippen LogP contribution is -2.25. The Kier molecular flexibility index (Phi) is 2.83. The average Bonchev–Trinajstić information content (AvgIpc) is 2.24. The molecule has 0 saturated heterocycles. The Morgan fingerprint density at radius 3 is 2.50 bits per heavy atom. The highest BCUT2D eigenvalue weighted by molar-refractivity contribution is 6.34. The lowest BCUT2D eigenvalue weighted by molar-refractivity contribution is 0.410. The molecule has 0 aliphatic carbocycles. The van der Waals surface area contributed by atoms with Crippen LogP contribution in [0.15, 0.2) is 29.4 Å². The molecule has 5 heteroatoms. The summed E-state index contributed by atoms with van der Waals surface area (Å²) in [5.41, 5.74) is 0.796. The van der Waals surface area contributed by atoms with Gasteiger partial charge in [0, 0.05) is 31.9 Å². The molecule has 0 fully saturated rings. The minimum Gasteiger partial charge on any atom is -0.301 e. The molecule has 1 heterocycles. The van der Waals surface area contributed by atoms with Crippen LogP contribution in [0.5, 0.6) is 0 Å². The molecule has 0 aliphatic heterocycles. The number of rotatable bonds is 1. The van der Waals surface area contributed by atoms with Gasteiger partial charge in [-0.3, -0.25) is 0 Å². The minimum atomic E-state index is 0.496. The first kappa shape index (κ1) is 11.0. The molecule has 2 rings (SSSR count). The lowest BCUT2D eigenvalue weighted by Gasteiger charge is -2.08. The average molecular weight is 237 g/mol. The Bertz CT molecular complexity index is 586. The summed E-state index contributed by atoms with van der Waals surface area (Å²) in [5, 5.41) is 12.8. The first-order valence-corrected chi connectivity index (χ1v) is 5.31. The van der Waals surface area contributed by atoms with Crippen molar-refractivity contribution in [1.82, 2.24) is 14.8 Å². The van der Waals surface area contributed by atoms with Crippen LogP contribution in [0.2, 0.25) is 5.15 Å². The minimum absolute atomic E-state index is 0.496. The second-order valence-corrected chi connectivity index (χ2v) is 4.09. The van der Waals surface area contributed by atoms with Gasteiger partial charge in [-0.1, -0.05) is 35.9 Å². The Labute approximate surface area is 98.8 Å². The molecule has 0 unspecified atom stereocenters. The molecule has 0 radical (unpaired) electrons. The molecule has 4 nitrogen and oxygen atoms in total. The molecule has 0 aliphatic rings. The topological polar surface area (TPSA) is 33.4 Å². The van der Waals surface area contributed by atoms with E-state index in [1.54, 1.807) is 9.69 Å². The fraction of sp³-hybridized carbons (Fsp3) is 0.273. The van der Waals surface area contributed by atoms with E-state index in [0.29, 0.717) is 5.15 Å². The van der Waals surface area contributed by atoms with E-state index >= 15 is 0 Å². The highest BCUT2D eigenvalue weighted by Crippen LogP contribution is 2.16. The Hall–Kier alpha value is -1.55. The maximum atomic E-state index is 6.08. The number of halogens is 1. The van der Waals surface area contributed by atoms with E-state index in [1.807, 2.05) is 45.4 Å². The van der Waals surface area contributed by atoms with Gasteiger partial charge in [-0.05, 0) is 0 Å². The predicted octanol–water partition coefficient (Wildman–Crippen LogP) is 1.60. The van der Waals surface area contributed by atoms with Crippen LogP contribution in [-0.4, -0.2) is 28.9 Å². The summed E-state index contributed by atoms with van der Waals surface area (Å²) < 4.78 is 1.69. The number of hydrogen-bond acceptors (Lipinski definition) is 3. The third-order valence-corrected chi connectivity index (χ3v) is 2.51. The van der Waals surface area contributed by atoms with Crippen molar-refractivity contribution in [2.45, 2.75) is 0 Å². The van der Waals surface area contributed by atoms with Crippen LogP contribution in [-0.2, 0) is 7.05 Å². The van der Waals surface area contributed by atoms with Crippen LogP contribution in [0.1, 0.15) is 0 Å². The van der Waals surface area contributed by atoms with Gasteiger partial charge in [0.05, 0.1) is 0 Å². The third-order valence-electron chi connectivity index (χ3n) is 2.23. The summed E-state index contributed by atoms with van der Waals surface area (Å²) in [6.45, 7) is 0. The quantitative estimate of drug-likeness (QED) is 0.705. The molecule has 16 heavy (non-hydrogen) atoms. The van der Waals surface area contributed by atoms with Gasteiger partial charge >= 0.3 is 0 Å². The van der Waals surface area contributed by atoms with E-state index in [1.165, 1.54) is 0 Å². The van der Waals surface area contributed by atoms with Gasteiger partial charge in [-0.2, -0.15) is 10.2 Å². The van der Waals surface area contributed by atoms with Gasteiger partial charge in [-0.25, -0.2) is 4.68 Å². The van der Waals surface area contributed by atoms with Crippen LogP contribution in [0, 0.1) is 0 Å². The van der Waals surface area contributed by atoms with Gasteiger partial charge in [0.15, 0.2) is 10.6 Å². The molecule has 1 aromatic heterocycles. The van der Waals surface area contributed by atoms with E-state index in [2.05, 4.69) is 10.2 Å². The van der Waals surface area contributed by atoms with Crippen molar-refractivity contribution in [3.8, 4) is 0 Å². The van der Waals surface area contributed by atoms with Crippen LogP contribution in [0.3, 0.4) is 0 Å². The number of hydrogen-bond donors (Lipinski definition) is 0. The summed E-state index contributed by atoms with van der Waals surface area (Å²) in [7, 11) is 5.59. The molecule has 1 aromatic carbocycles. The zero-order valence-electron chi connectivity index (χ0n) is 9.48. The molecular formula is C11H13ClN4. The lowest BCUT2D eigenvalue weighted by atomic mass is 10.2. The van der Waals surface area contributed by atoms with E-state index in [4.69, 9.17) is 11.6 Å². The van der Waals surface area contributed by atoms with E-state index in [9.17, 15) is 0 Å². The number of aryl methyl sites for hydroxylation is 1. The standard InChI is InChI=1S/C11H13ClN4/c1-15(2)14-11-9-7-5-4-6-8(9)10(12)13-16(11)3/h4-7H,1-3H3/b14-11-. The molecule has 0 bridgehead atoms. The largest absolute Gasteiger partial charge is 0.301 e. The third kappa shape index (κ3) is 1.88. The summed E-state index contributed by atoms with van der Waals surface area (Å²) in [6, 6.07) is 7.84. The molecule has 0 N–H and O–H groups in total. The smallest absolute Gasteiger partial charge is 0.176 e. The molecule has 0 saturated carbocycles. The molecule has 2 aromatic rings.